The van der Waals surface area contributed by atoms with Crippen molar-refractivity contribution in [3.63, 3.8) is 0 Å². The maximum atomic E-state index is 12.8. The van der Waals surface area contributed by atoms with Crippen LogP contribution in [0.4, 0.5) is 16.3 Å². The Bertz CT molecular complexity index is 1700. The third kappa shape index (κ3) is 6.90. The van der Waals surface area contributed by atoms with E-state index in [4.69, 9.17) is 19.4 Å². The lowest BCUT2D eigenvalue weighted by molar-refractivity contribution is -0.142. The van der Waals surface area contributed by atoms with E-state index in [1.807, 2.05) is 51.1 Å². The van der Waals surface area contributed by atoms with Gasteiger partial charge in [0.05, 0.1) is 36.2 Å². The van der Waals surface area contributed by atoms with Crippen molar-refractivity contribution >= 4 is 34.3 Å². The number of carbonyl (C=O) groups excluding carboxylic acids is 1. The Morgan fingerprint density at radius 3 is 2.60 bits per heavy atom. The largest absolute Gasteiger partial charge is 0.465 e. The lowest BCUT2D eigenvalue weighted by atomic mass is 9.97. The first-order chi connectivity index (χ1) is 22.5. The first-order valence-corrected chi connectivity index (χ1v) is 16.4. The Kier molecular flexibility index (Phi) is 9.10. The standard InChI is InChI=1S/C35H43N7O5/c1-35(2,3)32(43)47-26-18-23-8-5-6-10-27(23)30(19-26)40-15-12-28-29(21-40)37-33(46-22-25-9-7-14-39(25)4)38-31(28)41-16-17-42(34(44)45)24(20-41)11-13-36/h5-6,8,10,18-19,24-25H,7,9,11-12,14-17,20-22H2,1-4H3,(H,44,45)/t24-,25-/m0/s1. The Morgan fingerprint density at radius 2 is 1.87 bits per heavy atom. The summed E-state index contributed by atoms with van der Waals surface area (Å²) < 4.78 is 12.1. The SMILES string of the molecule is CN1CCC[C@H]1COc1nc2c(c(N3CCN(C(=O)O)[C@@H](CC#N)C3)n1)CCN(c1cc(OC(=O)C(C)(C)C)cc3ccccc13)C2. The molecule has 3 aliphatic heterocycles. The van der Waals surface area contributed by atoms with Gasteiger partial charge in [0, 0.05) is 54.9 Å². The number of piperazine rings is 1. The van der Waals surface area contributed by atoms with E-state index < -0.39 is 17.6 Å². The summed E-state index contributed by atoms with van der Waals surface area (Å²) in [6.45, 7) is 9.29. The second-order valence-electron chi connectivity index (χ2n) is 13.8. The number of ether oxygens (including phenoxy) is 2. The maximum Gasteiger partial charge on any atom is 0.407 e. The third-order valence-corrected chi connectivity index (χ3v) is 9.43. The molecule has 2 fully saturated rings. The van der Waals surface area contributed by atoms with Crippen molar-refractivity contribution in [1.29, 1.82) is 5.26 Å². The summed E-state index contributed by atoms with van der Waals surface area (Å²) in [6, 6.07) is 14.2. The molecule has 4 heterocycles. The molecule has 0 unspecified atom stereocenters. The number of rotatable bonds is 7. The number of hydrogen-bond acceptors (Lipinski definition) is 10. The molecule has 1 N–H and O–H groups in total. The number of nitrogens with zero attached hydrogens (tertiary/aromatic N) is 7. The van der Waals surface area contributed by atoms with Gasteiger partial charge >= 0.3 is 18.1 Å². The third-order valence-electron chi connectivity index (χ3n) is 9.43. The number of aromatic nitrogens is 2. The van der Waals surface area contributed by atoms with Gasteiger partial charge in [-0.15, -0.1) is 0 Å². The molecule has 12 heteroatoms. The minimum atomic E-state index is -1.02. The average Bonchev–Trinajstić information content (AvgIpc) is 3.46. The molecule has 2 atom stereocenters. The summed E-state index contributed by atoms with van der Waals surface area (Å²) in [5, 5.41) is 21.2. The second kappa shape index (κ2) is 13.2. The topological polar surface area (TPSA) is 135 Å². The summed E-state index contributed by atoms with van der Waals surface area (Å²) in [4.78, 5) is 42.6. The van der Waals surface area contributed by atoms with Crippen LogP contribution in [-0.2, 0) is 17.8 Å². The van der Waals surface area contributed by atoms with Crippen LogP contribution < -0.4 is 19.3 Å². The van der Waals surface area contributed by atoms with Crippen molar-refractivity contribution in [2.24, 2.45) is 5.41 Å². The first-order valence-electron chi connectivity index (χ1n) is 16.4. The van der Waals surface area contributed by atoms with E-state index in [1.165, 1.54) is 4.90 Å². The molecular weight excluding hydrogens is 598 g/mol. The van der Waals surface area contributed by atoms with Crippen molar-refractivity contribution in [2.75, 3.05) is 56.2 Å². The molecule has 6 rings (SSSR count). The maximum absolute atomic E-state index is 12.8. The molecule has 12 nitrogen and oxygen atoms in total. The highest BCUT2D eigenvalue weighted by molar-refractivity contribution is 5.96. The van der Waals surface area contributed by atoms with Crippen molar-refractivity contribution in [2.45, 2.75) is 65.1 Å². The van der Waals surface area contributed by atoms with Gasteiger partial charge in [0.25, 0.3) is 0 Å². The van der Waals surface area contributed by atoms with E-state index >= 15 is 0 Å². The molecule has 3 aromatic rings. The van der Waals surface area contributed by atoms with Gasteiger partial charge in [-0.1, -0.05) is 24.3 Å². The number of amides is 1. The van der Waals surface area contributed by atoms with Gasteiger partial charge in [-0.3, -0.25) is 4.79 Å². The molecular formula is C35H43N7O5. The van der Waals surface area contributed by atoms with Crippen LogP contribution in [0.25, 0.3) is 10.8 Å². The number of carbonyl (C=O) groups is 2. The van der Waals surface area contributed by atoms with E-state index in [0.29, 0.717) is 57.0 Å². The second-order valence-corrected chi connectivity index (χ2v) is 13.8. The van der Waals surface area contributed by atoms with Gasteiger partial charge in [0.15, 0.2) is 0 Å². The highest BCUT2D eigenvalue weighted by Crippen LogP contribution is 2.37. The molecule has 0 spiro atoms. The Hall–Kier alpha value is -4.63. The molecule has 0 bridgehead atoms. The molecule has 3 aliphatic rings. The van der Waals surface area contributed by atoms with Gasteiger partial charge in [0.1, 0.15) is 18.2 Å². The minimum absolute atomic E-state index is 0.102. The van der Waals surface area contributed by atoms with Gasteiger partial charge in [-0.2, -0.15) is 15.2 Å². The van der Waals surface area contributed by atoms with E-state index in [9.17, 15) is 20.0 Å². The zero-order valence-electron chi connectivity index (χ0n) is 27.6. The number of carboxylic acid groups (broad SMARTS) is 1. The Morgan fingerprint density at radius 1 is 1.06 bits per heavy atom. The van der Waals surface area contributed by atoms with Crippen molar-refractivity contribution in [3.8, 4) is 17.8 Å². The van der Waals surface area contributed by atoms with Crippen LogP contribution in [-0.4, -0.2) is 95.4 Å². The molecule has 0 aliphatic carbocycles. The van der Waals surface area contributed by atoms with Crippen LogP contribution in [0.15, 0.2) is 36.4 Å². The van der Waals surface area contributed by atoms with E-state index in [-0.39, 0.29) is 18.9 Å². The molecule has 1 amide bonds. The predicted octanol–water partition coefficient (Wildman–Crippen LogP) is 4.70. The number of likely N-dealkylation sites (tertiary alicyclic amines) is 1. The molecule has 2 saturated heterocycles. The lowest BCUT2D eigenvalue weighted by Gasteiger charge is -2.41. The fourth-order valence-corrected chi connectivity index (χ4v) is 6.70. The fourth-order valence-electron chi connectivity index (χ4n) is 6.70. The van der Waals surface area contributed by atoms with Crippen LogP contribution in [0, 0.1) is 16.7 Å². The monoisotopic (exact) mass is 641 g/mol. The number of benzene rings is 2. The number of likely N-dealkylation sites (N-methyl/N-ethyl adjacent to an activating group) is 1. The summed E-state index contributed by atoms with van der Waals surface area (Å²) in [6.07, 6.45) is 1.92. The molecule has 0 radical (unpaired) electrons. The van der Waals surface area contributed by atoms with Crippen LogP contribution >= 0.6 is 0 Å². The summed E-state index contributed by atoms with van der Waals surface area (Å²) >= 11 is 0. The van der Waals surface area contributed by atoms with Gasteiger partial charge in [-0.05, 0) is 65.1 Å². The van der Waals surface area contributed by atoms with Crippen molar-refractivity contribution < 1.29 is 24.2 Å². The van der Waals surface area contributed by atoms with E-state index in [2.05, 4.69) is 33.9 Å². The van der Waals surface area contributed by atoms with Crippen LogP contribution in [0.1, 0.15) is 51.3 Å². The van der Waals surface area contributed by atoms with Gasteiger partial charge in [0.2, 0.25) is 0 Å². The molecule has 248 valence electrons. The quantitative estimate of drug-likeness (QED) is 0.284. The van der Waals surface area contributed by atoms with Crippen molar-refractivity contribution in [1.82, 2.24) is 19.8 Å². The Labute approximate surface area is 275 Å². The first kappa shape index (κ1) is 32.3. The normalized spacial score (nSPS) is 20.2. The lowest BCUT2D eigenvalue weighted by Crippen LogP contribution is -2.55. The molecule has 47 heavy (non-hydrogen) atoms. The van der Waals surface area contributed by atoms with Gasteiger partial charge in [-0.25, -0.2) is 4.79 Å². The van der Waals surface area contributed by atoms with E-state index in [0.717, 1.165) is 52.9 Å². The van der Waals surface area contributed by atoms with Gasteiger partial charge < -0.3 is 34.2 Å². The molecule has 0 saturated carbocycles. The number of fused-ring (bicyclic) bond motifs is 2. The zero-order valence-corrected chi connectivity index (χ0v) is 27.6. The average molecular weight is 642 g/mol. The molecule has 1 aromatic heterocycles. The smallest absolute Gasteiger partial charge is 0.407 e. The zero-order chi connectivity index (χ0) is 33.3. The highest BCUT2D eigenvalue weighted by atomic mass is 16.5. The van der Waals surface area contributed by atoms with Crippen LogP contribution in [0.3, 0.4) is 0 Å². The summed E-state index contributed by atoms with van der Waals surface area (Å²) in [7, 11) is 2.10. The van der Waals surface area contributed by atoms with Crippen LogP contribution in [0.2, 0.25) is 0 Å². The number of nitriles is 1. The minimum Gasteiger partial charge on any atom is -0.465 e. The highest BCUT2D eigenvalue weighted by Gasteiger charge is 2.34. The molecule has 2 aromatic carbocycles. The van der Waals surface area contributed by atoms with Crippen molar-refractivity contribution in [3.05, 3.63) is 47.7 Å². The summed E-state index contributed by atoms with van der Waals surface area (Å²) in [5.74, 6) is 0.944. The predicted molar refractivity (Wildman–Crippen MR) is 178 cm³/mol. The number of hydrogen-bond donors (Lipinski definition) is 1. The van der Waals surface area contributed by atoms with Crippen LogP contribution in [0.5, 0.6) is 11.8 Å². The summed E-state index contributed by atoms with van der Waals surface area (Å²) in [5.41, 5.74) is 2.15. The Balaban J connectivity index is 1.35. The number of anilines is 2. The number of esters is 1. The van der Waals surface area contributed by atoms with E-state index in [1.54, 1.807) is 0 Å². The fraction of sp³-hybridized carbons (Fsp3) is 0.514.